The summed E-state index contributed by atoms with van der Waals surface area (Å²) in [4.78, 5) is 13.2. The first-order valence-corrected chi connectivity index (χ1v) is 7.05. The zero-order valence-electron chi connectivity index (χ0n) is 11.4. The molecule has 1 fully saturated rings. The van der Waals surface area contributed by atoms with E-state index in [2.05, 4.69) is 53.1 Å². The zero-order valence-corrected chi connectivity index (χ0v) is 11.4. The fourth-order valence-electron chi connectivity index (χ4n) is 2.61. The SMILES string of the molecule is O=C1NCCN1CCNCc1cccc2ccccc12. The van der Waals surface area contributed by atoms with Crippen molar-refractivity contribution in [1.82, 2.24) is 15.5 Å². The number of urea groups is 1. The third kappa shape index (κ3) is 2.75. The van der Waals surface area contributed by atoms with Crippen molar-refractivity contribution in [3.8, 4) is 0 Å². The first kappa shape index (κ1) is 12.9. The highest BCUT2D eigenvalue weighted by molar-refractivity contribution is 5.85. The van der Waals surface area contributed by atoms with Gasteiger partial charge in [0, 0.05) is 32.7 Å². The standard InChI is InChI=1S/C16H19N3O/c20-16-18-9-11-19(16)10-8-17-12-14-6-3-5-13-4-1-2-7-15(13)14/h1-7,17H,8-12H2,(H,18,20). The van der Waals surface area contributed by atoms with Crippen LogP contribution in [0.2, 0.25) is 0 Å². The molecule has 2 aromatic rings. The molecule has 0 atom stereocenters. The third-order valence-electron chi connectivity index (χ3n) is 3.70. The lowest BCUT2D eigenvalue weighted by Gasteiger charge is -2.14. The van der Waals surface area contributed by atoms with Gasteiger partial charge in [0.05, 0.1) is 0 Å². The van der Waals surface area contributed by atoms with Crippen LogP contribution in [0.3, 0.4) is 0 Å². The number of hydrogen-bond acceptors (Lipinski definition) is 2. The van der Waals surface area contributed by atoms with Crippen molar-refractivity contribution in [3.63, 3.8) is 0 Å². The van der Waals surface area contributed by atoms with E-state index < -0.39 is 0 Å². The molecule has 2 amide bonds. The molecule has 1 heterocycles. The van der Waals surface area contributed by atoms with E-state index in [1.807, 2.05) is 4.90 Å². The number of rotatable bonds is 5. The van der Waals surface area contributed by atoms with Gasteiger partial charge >= 0.3 is 6.03 Å². The Bertz CT molecular complexity index is 606. The number of amides is 2. The van der Waals surface area contributed by atoms with Crippen LogP contribution in [0.1, 0.15) is 5.56 Å². The molecule has 20 heavy (non-hydrogen) atoms. The predicted molar refractivity (Wildman–Crippen MR) is 80.6 cm³/mol. The van der Waals surface area contributed by atoms with Crippen LogP contribution in [-0.4, -0.2) is 37.1 Å². The van der Waals surface area contributed by atoms with Crippen molar-refractivity contribution in [3.05, 3.63) is 48.0 Å². The Labute approximate surface area is 118 Å². The maximum Gasteiger partial charge on any atom is 0.317 e. The average Bonchev–Trinajstić information content (AvgIpc) is 2.89. The maximum atomic E-state index is 11.4. The number of nitrogens with one attached hydrogen (secondary N) is 2. The zero-order chi connectivity index (χ0) is 13.8. The van der Waals surface area contributed by atoms with Crippen molar-refractivity contribution in [2.75, 3.05) is 26.2 Å². The Kier molecular flexibility index (Phi) is 3.83. The van der Waals surface area contributed by atoms with Gasteiger partial charge in [-0.05, 0) is 16.3 Å². The van der Waals surface area contributed by atoms with Crippen molar-refractivity contribution in [1.29, 1.82) is 0 Å². The Morgan fingerprint density at radius 3 is 2.85 bits per heavy atom. The lowest BCUT2D eigenvalue weighted by atomic mass is 10.0. The van der Waals surface area contributed by atoms with Gasteiger partial charge in [0.2, 0.25) is 0 Å². The molecule has 1 aliphatic rings. The summed E-state index contributed by atoms with van der Waals surface area (Å²) in [6, 6.07) is 14.8. The molecule has 0 saturated carbocycles. The van der Waals surface area contributed by atoms with Crippen LogP contribution in [0, 0.1) is 0 Å². The molecule has 0 radical (unpaired) electrons. The molecule has 0 aliphatic carbocycles. The van der Waals surface area contributed by atoms with Crippen LogP contribution >= 0.6 is 0 Å². The molecule has 3 rings (SSSR count). The normalized spacial score (nSPS) is 14.8. The van der Waals surface area contributed by atoms with Crippen LogP contribution in [0.4, 0.5) is 4.79 Å². The summed E-state index contributed by atoms with van der Waals surface area (Å²) in [7, 11) is 0. The van der Waals surface area contributed by atoms with E-state index in [0.29, 0.717) is 0 Å². The van der Waals surface area contributed by atoms with Crippen LogP contribution in [0.5, 0.6) is 0 Å². The summed E-state index contributed by atoms with van der Waals surface area (Å²) in [5.74, 6) is 0. The molecular formula is C16H19N3O. The molecule has 0 spiro atoms. The van der Waals surface area contributed by atoms with Gasteiger partial charge < -0.3 is 15.5 Å². The quantitative estimate of drug-likeness (QED) is 0.815. The molecule has 4 nitrogen and oxygen atoms in total. The van der Waals surface area contributed by atoms with Crippen LogP contribution in [0.25, 0.3) is 10.8 Å². The van der Waals surface area contributed by atoms with E-state index >= 15 is 0 Å². The van der Waals surface area contributed by atoms with E-state index in [1.165, 1.54) is 16.3 Å². The average molecular weight is 269 g/mol. The Morgan fingerprint density at radius 1 is 1.15 bits per heavy atom. The van der Waals surface area contributed by atoms with Crippen LogP contribution < -0.4 is 10.6 Å². The van der Waals surface area contributed by atoms with Crippen molar-refractivity contribution in [2.45, 2.75) is 6.54 Å². The molecule has 0 unspecified atom stereocenters. The van der Waals surface area contributed by atoms with E-state index in [0.717, 1.165) is 32.7 Å². The van der Waals surface area contributed by atoms with Crippen molar-refractivity contribution >= 4 is 16.8 Å². The second kappa shape index (κ2) is 5.92. The van der Waals surface area contributed by atoms with Gasteiger partial charge in [-0.15, -0.1) is 0 Å². The molecule has 104 valence electrons. The van der Waals surface area contributed by atoms with Gasteiger partial charge in [-0.2, -0.15) is 0 Å². The number of carbonyl (C=O) groups is 1. The topological polar surface area (TPSA) is 44.4 Å². The second-order valence-electron chi connectivity index (χ2n) is 5.03. The molecule has 2 N–H and O–H groups in total. The molecule has 0 aromatic heterocycles. The van der Waals surface area contributed by atoms with Gasteiger partial charge in [-0.25, -0.2) is 4.79 Å². The highest BCUT2D eigenvalue weighted by Gasteiger charge is 2.17. The smallest absolute Gasteiger partial charge is 0.317 e. The number of nitrogens with zero attached hydrogens (tertiary/aromatic N) is 1. The molecular weight excluding hydrogens is 250 g/mol. The second-order valence-corrected chi connectivity index (χ2v) is 5.03. The fraction of sp³-hybridized carbons (Fsp3) is 0.312. The van der Waals surface area contributed by atoms with Gasteiger partial charge in [0.25, 0.3) is 0 Å². The highest BCUT2D eigenvalue weighted by Crippen LogP contribution is 2.18. The molecule has 0 bridgehead atoms. The van der Waals surface area contributed by atoms with E-state index in [4.69, 9.17) is 0 Å². The molecule has 4 heteroatoms. The summed E-state index contributed by atoms with van der Waals surface area (Å²) in [5, 5.41) is 8.79. The van der Waals surface area contributed by atoms with E-state index in [-0.39, 0.29) is 6.03 Å². The molecule has 1 saturated heterocycles. The van der Waals surface area contributed by atoms with Crippen molar-refractivity contribution in [2.24, 2.45) is 0 Å². The summed E-state index contributed by atoms with van der Waals surface area (Å²) in [5.41, 5.74) is 1.30. The maximum absolute atomic E-state index is 11.4. The minimum Gasteiger partial charge on any atom is -0.336 e. The number of hydrogen-bond donors (Lipinski definition) is 2. The summed E-state index contributed by atoms with van der Waals surface area (Å²) in [6.45, 7) is 3.99. The number of carbonyl (C=O) groups excluding carboxylic acids is 1. The van der Waals surface area contributed by atoms with Gasteiger partial charge in [-0.1, -0.05) is 42.5 Å². The molecule has 2 aromatic carbocycles. The number of benzene rings is 2. The summed E-state index contributed by atoms with van der Waals surface area (Å²) >= 11 is 0. The van der Waals surface area contributed by atoms with E-state index in [9.17, 15) is 4.79 Å². The van der Waals surface area contributed by atoms with E-state index in [1.54, 1.807) is 0 Å². The fourth-order valence-corrected chi connectivity index (χ4v) is 2.61. The Hall–Kier alpha value is -2.07. The minimum absolute atomic E-state index is 0.0527. The Balaban J connectivity index is 1.56. The Morgan fingerprint density at radius 2 is 2.00 bits per heavy atom. The lowest BCUT2D eigenvalue weighted by Crippen LogP contribution is -2.34. The third-order valence-corrected chi connectivity index (χ3v) is 3.70. The largest absolute Gasteiger partial charge is 0.336 e. The first-order chi connectivity index (χ1) is 9.84. The van der Waals surface area contributed by atoms with Gasteiger partial charge in [0.15, 0.2) is 0 Å². The first-order valence-electron chi connectivity index (χ1n) is 7.05. The van der Waals surface area contributed by atoms with Gasteiger partial charge in [-0.3, -0.25) is 0 Å². The van der Waals surface area contributed by atoms with Crippen LogP contribution in [-0.2, 0) is 6.54 Å². The molecule has 1 aliphatic heterocycles. The summed E-state index contributed by atoms with van der Waals surface area (Å²) < 4.78 is 0. The van der Waals surface area contributed by atoms with Crippen molar-refractivity contribution < 1.29 is 4.79 Å². The predicted octanol–water partition coefficient (Wildman–Crippen LogP) is 1.95. The minimum atomic E-state index is 0.0527. The highest BCUT2D eigenvalue weighted by atomic mass is 16.2. The monoisotopic (exact) mass is 269 g/mol. The van der Waals surface area contributed by atoms with Gasteiger partial charge in [0.1, 0.15) is 0 Å². The van der Waals surface area contributed by atoms with Crippen LogP contribution in [0.15, 0.2) is 42.5 Å². The number of fused-ring (bicyclic) bond motifs is 1. The lowest BCUT2D eigenvalue weighted by molar-refractivity contribution is 0.217. The summed E-state index contributed by atoms with van der Waals surface area (Å²) in [6.07, 6.45) is 0.